The lowest BCUT2D eigenvalue weighted by Gasteiger charge is -2.18. The van der Waals surface area contributed by atoms with E-state index >= 15 is 0 Å². The standard InChI is InChI=1S/C16H28BrN3/c1-4-11-18-14(12-7-8-12)9-10-15-16(17)13(5-2)19-20(15)6-3/h12,14,18H,4-11H2,1-3H3. The van der Waals surface area contributed by atoms with Gasteiger partial charge >= 0.3 is 0 Å². The molecule has 1 aromatic heterocycles. The van der Waals surface area contributed by atoms with Crippen molar-refractivity contribution in [1.29, 1.82) is 0 Å². The molecule has 1 saturated carbocycles. The Morgan fingerprint density at radius 1 is 1.35 bits per heavy atom. The molecule has 0 aliphatic heterocycles. The summed E-state index contributed by atoms with van der Waals surface area (Å²) in [4.78, 5) is 0. The van der Waals surface area contributed by atoms with Crippen LogP contribution in [0.1, 0.15) is 57.8 Å². The van der Waals surface area contributed by atoms with Gasteiger partial charge in [-0.25, -0.2) is 0 Å². The summed E-state index contributed by atoms with van der Waals surface area (Å²) in [5, 5.41) is 8.43. The molecule has 20 heavy (non-hydrogen) atoms. The van der Waals surface area contributed by atoms with Crippen molar-refractivity contribution in [2.45, 2.75) is 71.9 Å². The Balaban J connectivity index is 1.99. The lowest BCUT2D eigenvalue weighted by Crippen LogP contribution is -2.32. The lowest BCUT2D eigenvalue weighted by molar-refractivity contribution is 0.429. The summed E-state index contributed by atoms with van der Waals surface area (Å²) in [7, 11) is 0. The number of hydrogen-bond acceptors (Lipinski definition) is 2. The van der Waals surface area contributed by atoms with Gasteiger partial charge in [0.2, 0.25) is 0 Å². The molecule has 3 nitrogen and oxygen atoms in total. The quantitative estimate of drug-likeness (QED) is 0.737. The van der Waals surface area contributed by atoms with Gasteiger partial charge in [-0.15, -0.1) is 0 Å². The average Bonchev–Trinajstić information content (AvgIpc) is 3.25. The molecule has 1 aliphatic carbocycles. The number of nitrogens with one attached hydrogen (secondary N) is 1. The van der Waals surface area contributed by atoms with E-state index in [1.807, 2.05) is 0 Å². The molecule has 114 valence electrons. The van der Waals surface area contributed by atoms with Gasteiger partial charge in [0.05, 0.1) is 15.9 Å². The Morgan fingerprint density at radius 2 is 2.10 bits per heavy atom. The Kier molecular flexibility index (Phi) is 6.09. The third-order valence-corrected chi connectivity index (χ3v) is 5.15. The molecular weight excluding hydrogens is 314 g/mol. The van der Waals surface area contributed by atoms with Crippen molar-refractivity contribution in [1.82, 2.24) is 15.1 Å². The van der Waals surface area contributed by atoms with Gasteiger partial charge in [0.1, 0.15) is 0 Å². The molecule has 0 amide bonds. The summed E-state index contributed by atoms with van der Waals surface area (Å²) in [6.07, 6.45) is 7.41. The van der Waals surface area contributed by atoms with Crippen LogP contribution in [0.2, 0.25) is 0 Å². The topological polar surface area (TPSA) is 29.9 Å². The summed E-state index contributed by atoms with van der Waals surface area (Å²) in [5.41, 5.74) is 2.58. The molecule has 1 aliphatic rings. The molecule has 0 radical (unpaired) electrons. The Hall–Kier alpha value is -0.350. The van der Waals surface area contributed by atoms with Crippen LogP contribution < -0.4 is 5.32 Å². The highest BCUT2D eigenvalue weighted by molar-refractivity contribution is 9.10. The van der Waals surface area contributed by atoms with Gasteiger partial charge in [-0.2, -0.15) is 5.10 Å². The Bertz CT molecular complexity index is 424. The van der Waals surface area contributed by atoms with Gasteiger partial charge in [0, 0.05) is 12.6 Å². The van der Waals surface area contributed by atoms with E-state index in [0.29, 0.717) is 6.04 Å². The fourth-order valence-corrected chi connectivity index (χ4v) is 3.64. The van der Waals surface area contributed by atoms with Gasteiger partial charge in [-0.05, 0) is 73.8 Å². The van der Waals surface area contributed by atoms with E-state index in [1.54, 1.807) is 0 Å². The average molecular weight is 342 g/mol. The normalized spacial score (nSPS) is 16.6. The highest BCUT2D eigenvalue weighted by Crippen LogP contribution is 2.35. The van der Waals surface area contributed by atoms with Crippen molar-refractivity contribution in [3.8, 4) is 0 Å². The third kappa shape index (κ3) is 3.85. The SMILES string of the molecule is CCCNC(CCc1c(Br)c(CC)nn1CC)C1CC1. The van der Waals surface area contributed by atoms with E-state index in [2.05, 4.69) is 46.7 Å². The van der Waals surface area contributed by atoms with Crippen molar-refractivity contribution in [3.63, 3.8) is 0 Å². The fraction of sp³-hybridized carbons (Fsp3) is 0.812. The van der Waals surface area contributed by atoms with Crippen molar-refractivity contribution in [3.05, 3.63) is 15.9 Å². The van der Waals surface area contributed by atoms with Gasteiger partial charge < -0.3 is 5.32 Å². The molecule has 1 atom stereocenters. The van der Waals surface area contributed by atoms with E-state index in [4.69, 9.17) is 5.10 Å². The van der Waals surface area contributed by atoms with Crippen LogP contribution in [0.25, 0.3) is 0 Å². The van der Waals surface area contributed by atoms with Crippen molar-refractivity contribution in [2.75, 3.05) is 6.54 Å². The van der Waals surface area contributed by atoms with E-state index in [0.717, 1.165) is 31.8 Å². The van der Waals surface area contributed by atoms with Crippen LogP contribution in [0.15, 0.2) is 4.47 Å². The van der Waals surface area contributed by atoms with Crippen LogP contribution in [-0.4, -0.2) is 22.4 Å². The fourth-order valence-electron chi connectivity index (χ4n) is 2.88. The first-order valence-electron chi connectivity index (χ1n) is 8.18. The van der Waals surface area contributed by atoms with Crippen LogP contribution in [0, 0.1) is 5.92 Å². The molecule has 0 bridgehead atoms. The minimum Gasteiger partial charge on any atom is -0.314 e. The largest absolute Gasteiger partial charge is 0.314 e. The maximum absolute atomic E-state index is 4.70. The predicted molar refractivity (Wildman–Crippen MR) is 88.1 cm³/mol. The lowest BCUT2D eigenvalue weighted by atomic mass is 10.0. The molecule has 1 unspecified atom stereocenters. The summed E-state index contributed by atoms with van der Waals surface area (Å²) < 4.78 is 3.42. The third-order valence-electron chi connectivity index (χ3n) is 4.23. The monoisotopic (exact) mass is 341 g/mol. The zero-order chi connectivity index (χ0) is 14.5. The summed E-state index contributed by atoms with van der Waals surface area (Å²) in [6, 6.07) is 0.701. The highest BCUT2D eigenvalue weighted by atomic mass is 79.9. The van der Waals surface area contributed by atoms with Crippen molar-refractivity contribution in [2.24, 2.45) is 5.92 Å². The number of rotatable bonds is 9. The van der Waals surface area contributed by atoms with Crippen LogP contribution in [-0.2, 0) is 19.4 Å². The van der Waals surface area contributed by atoms with Crippen LogP contribution >= 0.6 is 15.9 Å². The first-order valence-corrected chi connectivity index (χ1v) is 8.97. The van der Waals surface area contributed by atoms with Gasteiger partial charge in [0.25, 0.3) is 0 Å². The Labute approximate surface area is 131 Å². The maximum atomic E-state index is 4.70. The molecular formula is C16H28BrN3. The number of hydrogen-bond donors (Lipinski definition) is 1. The molecule has 2 rings (SSSR count). The van der Waals surface area contributed by atoms with Crippen LogP contribution in [0.3, 0.4) is 0 Å². The zero-order valence-electron chi connectivity index (χ0n) is 13.1. The number of halogens is 1. The molecule has 1 N–H and O–H groups in total. The van der Waals surface area contributed by atoms with Gasteiger partial charge in [-0.3, -0.25) is 4.68 Å². The van der Waals surface area contributed by atoms with Crippen molar-refractivity contribution < 1.29 is 0 Å². The second-order valence-electron chi connectivity index (χ2n) is 5.81. The van der Waals surface area contributed by atoms with E-state index in [1.165, 1.54) is 41.5 Å². The minimum absolute atomic E-state index is 0.701. The highest BCUT2D eigenvalue weighted by Gasteiger charge is 2.30. The van der Waals surface area contributed by atoms with Gasteiger partial charge in [-0.1, -0.05) is 13.8 Å². The number of aryl methyl sites for hydroxylation is 2. The van der Waals surface area contributed by atoms with E-state index in [-0.39, 0.29) is 0 Å². The molecule has 4 heteroatoms. The second-order valence-corrected chi connectivity index (χ2v) is 6.61. The molecule has 0 spiro atoms. The number of nitrogens with zero attached hydrogens (tertiary/aromatic N) is 2. The Morgan fingerprint density at radius 3 is 2.65 bits per heavy atom. The van der Waals surface area contributed by atoms with E-state index in [9.17, 15) is 0 Å². The maximum Gasteiger partial charge on any atom is 0.0766 e. The summed E-state index contributed by atoms with van der Waals surface area (Å²) >= 11 is 3.75. The van der Waals surface area contributed by atoms with Crippen molar-refractivity contribution >= 4 is 15.9 Å². The first kappa shape index (κ1) is 16.0. The van der Waals surface area contributed by atoms with E-state index < -0.39 is 0 Å². The molecule has 0 saturated heterocycles. The zero-order valence-corrected chi connectivity index (χ0v) is 14.7. The smallest absolute Gasteiger partial charge is 0.0766 e. The predicted octanol–water partition coefficient (Wildman–Crippen LogP) is 3.94. The number of aromatic nitrogens is 2. The molecule has 1 aromatic rings. The first-order chi connectivity index (χ1) is 9.71. The summed E-state index contributed by atoms with van der Waals surface area (Å²) in [5.74, 6) is 0.920. The molecule has 0 aromatic carbocycles. The second kappa shape index (κ2) is 7.60. The molecule has 1 fully saturated rings. The van der Waals surface area contributed by atoms with Crippen LogP contribution in [0.4, 0.5) is 0 Å². The minimum atomic E-state index is 0.701. The van der Waals surface area contributed by atoms with Gasteiger partial charge in [0.15, 0.2) is 0 Å². The van der Waals surface area contributed by atoms with Crippen LogP contribution in [0.5, 0.6) is 0 Å². The molecule has 1 heterocycles. The summed E-state index contributed by atoms with van der Waals surface area (Å²) in [6.45, 7) is 8.70.